The molecule has 24 heavy (non-hydrogen) atoms. The summed E-state index contributed by atoms with van der Waals surface area (Å²) in [4.78, 5) is 0.151. The van der Waals surface area contributed by atoms with E-state index in [-0.39, 0.29) is 4.90 Å². The van der Waals surface area contributed by atoms with E-state index in [2.05, 4.69) is 0 Å². The summed E-state index contributed by atoms with van der Waals surface area (Å²) < 4.78 is 24.4. The van der Waals surface area contributed by atoms with Crippen LogP contribution in [0.3, 0.4) is 0 Å². The lowest BCUT2D eigenvalue weighted by atomic mass is 9.94. The van der Waals surface area contributed by atoms with Gasteiger partial charge in [0.05, 0.1) is 4.90 Å². The number of sulfonamides is 1. The second-order valence-corrected chi connectivity index (χ2v) is 7.26. The topological polar surface area (TPSA) is 60.2 Å². The Bertz CT molecular complexity index is 1180. The third-order valence-electron chi connectivity index (χ3n) is 4.26. The van der Waals surface area contributed by atoms with Crippen molar-refractivity contribution in [3.8, 4) is 11.1 Å². The van der Waals surface area contributed by atoms with Crippen LogP contribution in [0.2, 0.25) is 0 Å². The van der Waals surface area contributed by atoms with Gasteiger partial charge < -0.3 is 0 Å². The molecule has 0 saturated carbocycles. The predicted octanol–water partition coefficient (Wildman–Crippen LogP) is 4.31. The van der Waals surface area contributed by atoms with Crippen molar-refractivity contribution >= 4 is 31.6 Å². The van der Waals surface area contributed by atoms with Crippen LogP contribution in [0.25, 0.3) is 32.7 Å². The molecule has 4 heteroatoms. The number of primary sulfonamides is 1. The number of fused-ring (bicyclic) bond motifs is 2. The lowest BCUT2D eigenvalue weighted by molar-refractivity contribution is 0.598. The van der Waals surface area contributed by atoms with Crippen molar-refractivity contribution < 1.29 is 8.42 Å². The smallest absolute Gasteiger partial charge is 0.225 e. The lowest BCUT2D eigenvalue weighted by Crippen LogP contribution is -2.13. The van der Waals surface area contributed by atoms with E-state index in [4.69, 9.17) is 5.14 Å². The lowest BCUT2D eigenvalue weighted by Gasteiger charge is -2.14. The van der Waals surface area contributed by atoms with Crippen molar-refractivity contribution in [3.63, 3.8) is 0 Å². The Labute approximate surface area is 140 Å². The van der Waals surface area contributed by atoms with E-state index in [1.54, 1.807) is 12.1 Å². The van der Waals surface area contributed by atoms with Gasteiger partial charge in [0.2, 0.25) is 10.0 Å². The highest BCUT2D eigenvalue weighted by Crippen LogP contribution is 2.38. The van der Waals surface area contributed by atoms with E-state index in [0.717, 1.165) is 27.1 Å². The van der Waals surface area contributed by atoms with Gasteiger partial charge in [0.25, 0.3) is 0 Å². The predicted molar refractivity (Wildman–Crippen MR) is 98.3 cm³/mol. The van der Waals surface area contributed by atoms with E-state index >= 15 is 0 Å². The summed E-state index contributed by atoms with van der Waals surface area (Å²) in [5.41, 5.74) is 1.53. The molecule has 0 aliphatic carbocycles. The molecule has 118 valence electrons. The number of hydrogen-bond acceptors (Lipinski definition) is 2. The molecule has 4 rings (SSSR count). The van der Waals surface area contributed by atoms with Gasteiger partial charge in [-0.1, -0.05) is 72.8 Å². The van der Waals surface area contributed by atoms with Crippen LogP contribution in [0.1, 0.15) is 0 Å². The van der Waals surface area contributed by atoms with Gasteiger partial charge in [-0.2, -0.15) is 0 Å². The number of nitrogens with two attached hydrogens (primary N) is 1. The van der Waals surface area contributed by atoms with Gasteiger partial charge in [0.1, 0.15) is 0 Å². The summed E-state index contributed by atoms with van der Waals surface area (Å²) >= 11 is 0. The molecule has 0 heterocycles. The maximum atomic E-state index is 12.2. The van der Waals surface area contributed by atoms with Gasteiger partial charge in [0.15, 0.2) is 0 Å². The highest BCUT2D eigenvalue weighted by molar-refractivity contribution is 7.89. The van der Waals surface area contributed by atoms with Gasteiger partial charge in [-0.15, -0.1) is 0 Å². The van der Waals surface area contributed by atoms with Crippen LogP contribution in [-0.2, 0) is 10.0 Å². The molecule has 0 fully saturated rings. The van der Waals surface area contributed by atoms with Crippen LogP contribution >= 0.6 is 0 Å². The zero-order chi connectivity index (χ0) is 16.7. The summed E-state index contributed by atoms with van der Waals surface area (Å²) in [5, 5.41) is 9.42. The molecule has 0 amide bonds. The minimum absolute atomic E-state index is 0.151. The van der Waals surface area contributed by atoms with Crippen LogP contribution < -0.4 is 5.14 Å². The molecule has 0 atom stereocenters. The normalized spacial score (nSPS) is 11.9. The third kappa shape index (κ3) is 2.37. The maximum Gasteiger partial charge on any atom is 0.238 e. The van der Waals surface area contributed by atoms with Crippen molar-refractivity contribution in [2.24, 2.45) is 5.14 Å². The number of rotatable bonds is 2. The summed E-state index contributed by atoms with van der Waals surface area (Å²) in [6.45, 7) is 0. The second kappa shape index (κ2) is 5.44. The van der Waals surface area contributed by atoms with Gasteiger partial charge in [-0.05, 0) is 33.2 Å². The molecular weight excluding hydrogens is 318 g/mol. The molecule has 0 bridgehead atoms. The Balaban J connectivity index is 2.23. The molecular formula is C20H15NO2S. The second-order valence-electron chi connectivity index (χ2n) is 5.73. The van der Waals surface area contributed by atoms with Gasteiger partial charge in [-0.25, -0.2) is 13.6 Å². The monoisotopic (exact) mass is 333 g/mol. The van der Waals surface area contributed by atoms with Crippen LogP contribution in [0, 0.1) is 0 Å². The number of hydrogen-bond donors (Lipinski definition) is 1. The van der Waals surface area contributed by atoms with Crippen LogP contribution in [-0.4, -0.2) is 8.42 Å². The largest absolute Gasteiger partial charge is 0.238 e. The molecule has 0 radical (unpaired) electrons. The average Bonchev–Trinajstić information content (AvgIpc) is 2.59. The quantitative estimate of drug-likeness (QED) is 0.594. The fourth-order valence-corrected chi connectivity index (χ4v) is 3.97. The molecule has 0 saturated heterocycles. The Morgan fingerprint density at radius 1 is 0.625 bits per heavy atom. The van der Waals surface area contributed by atoms with Crippen LogP contribution in [0.4, 0.5) is 0 Å². The average molecular weight is 333 g/mol. The first-order valence-corrected chi connectivity index (χ1v) is 9.13. The van der Waals surface area contributed by atoms with Gasteiger partial charge >= 0.3 is 0 Å². The molecule has 3 nitrogen and oxygen atoms in total. The molecule has 0 unspecified atom stereocenters. The molecule has 0 aliphatic rings. The zero-order valence-electron chi connectivity index (χ0n) is 12.8. The third-order valence-corrected chi connectivity index (χ3v) is 5.21. The van der Waals surface area contributed by atoms with Gasteiger partial charge in [-0.3, -0.25) is 0 Å². The summed E-state index contributed by atoms with van der Waals surface area (Å²) in [6.07, 6.45) is 0. The standard InChI is InChI=1S/C20H15NO2S/c21-24(22,23)19-13-12-15-7-2-4-10-17(15)20(19)18-11-5-8-14-6-1-3-9-16(14)18/h1-13H,(H2,21,22,23). The van der Waals surface area contributed by atoms with E-state index in [0.29, 0.717) is 5.56 Å². The first-order valence-electron chi connectivity index (χ1n) is 7.58. The molecule has 2 N–H and O–H groups in total. The summed E-state index contributed by atoms with van der Waals surface area (Å²) in [5.74, 6) is 0. The Morgan fingerprint density at radius 3 is 1.92 bits per heavy atom. The first kappa shape index (κ1) is 14.9. The van der Waals surface area contributed by atoms with E-state index in [1.807, 2.05) is 66.7 Å². The first-order chi connectivity index (χ1) is 11.6. The van der Waals surface area contributed by atoms with E-state index in [9.17, 15) is 8.42 Å². The van der Waals surface area contributed by atoms with Crippen molar-refractivity contribution in [1.29, 1.82) is 0 Å². The van der Waals surface area contributed by atoms with Crippen LogP contribution in [0.15, 0.2) is 83.8 Å². The van der Waals surface area contributed by atoms with Crippen molar-refractivity contribution in [1.82, 2.24) is 0 Å². The van der Waals surface area contributed by atoms with Gasteiger partial charge in [0, 0.05) is 5.56 Å². The molecule has 0 spiro atoms. The maximum absolute atomic E-state index is 12.2. The highest BCUT2D eigenvalue weighted by Gasteiger charge is 2.19. The zero-order valence-corrected chi connectivity index (χ0v) is 13.6. The van der Waals surface area contributed by atoms with E-state index < -0.39 is 10.0 Å². The highest BCUT2D eigenvalue weighted by atomic mass is 32.2. The van der Waals surface area contributed by atoms with Crippen molar-refractivity contribution in [2.45, 2.75) is 4.90 Å². The number of benzene rings is 4. The van der Waals surface area contributed by atoms with Crippen molar-refractivity contribution in [2.75, 3.05) is 0 Å². The minimum atomic E-state index is -3.84. The molecule has 4 aromatic rings. The summed E-state index contributed by atoms with van der Waals surface area (Å²) in [7, 11) is -3.84. The van der Waals surface area contributed by atoms with Crippen molar-refractivity contribution in [3.05, 3.63) is 78.9 Å². The fourth-order valence-electron chi connectivity index (χ4n) is 3.21. The summed E-state index contributed by atoms with van der Waals surface area (Å²) in [6, 6.07) is 25.0. The fraction of sp³-hybridized carbons (Fsp3) is 0. The molecule has 0 aliphatic heterocycles. The SMILES string of the molecule is NS(=O)(=O)c1ccc2ccccc2c1-c1cccc2ccccc12. The van der Waals surface area contributed by atoms with Crippen LogP contribution in [0.5, 0.6) is 0 Å². The Kier molecular flexibility index (Phi) is 3.37. The molecule has 0 aromatic heterocycles. The van der Waals surface area contributed by atoms with E-state index in [1.165, 1.54) is 0 Å². The Hall–Kier alpha value is -2.69. The minimum Gasteiger partial charge on any atom is -0.225 e. The Morgan fingerprint density at radius 2 is 1.21 bits per heavy atom. The molecule has 4 aromatic carbocycles.